The Bertz CT molecular complexity index is 1560. The van der Waals surface area contributed by atoms with E-state index in [0.717, 1.165) is 65.7 Å². The first kappa shape index (κ1) is 27.6. The van der Waals surface area contributed by atoms with Gasteiger partial charge in [-0.1, -0.05) is 74.8 Å². The van der Waals surface area contributed by atoms with E-state index < -0.39 is 0 Å². The highest BCUT2D eigenvalue weighted by molar-refractivity contribution is 8.00. The monoisotopic (exact) mass is 549 g/mol. The van der Waals surface area contributed by atoms with Crippen LogP contribution in [0.25, 0.3) is 39.5 Å². The normalized spacial score (nSPS) is 11.5. The Labute approximate surface area is 240 Å². The molecule has 0 aliphatic rings. The van der Waals surface area contributed by atoms with Crippen LogP contribution in [-0.2, 0) is 6.54 Å². The first-order valence-corrected chi connectivity index (χ1v) is 14.4. The number of nitrogens with one attached hydrogen (secondary N) is 1. The summed E-state index contributed by atoms with van der Waals surface area (Å²) in [5.74, 6) is 1.74. The third-order valence-corrected chi connectivity index (χ3v) is 7.11. The Morgan fingerprint density at radius 3 is 2.52 bits per heavy atom. The van der Waals surface area contributed by atoms with Crippen LogP contribution < -0.4 is 10.5 Å². The molecule has 0 saturated carbocycles. The second-order valence-electron chi connectivity index (χ2n) is 10.1. The minimum absolute atomic E-state index is 0.437. The van der Waals surface area contributed by atoms with E-state index >= 15 is 0 Å². The molecule has 5 rings (SSSR count). The summed E-state index contributed by atoms with van der Waals surface area (Å²) < 4.78 is 5.42. The van der Waals surface area contributed by atoms with Crippen molar-refractivity contribution in [2.75, 3.05) is 25.4 Å². The van der Waals surface area contributed by atoms with E-state index in [1.165, 1.54) is 17.5 Å². The molecule has 204 valence electrons. The van der Waals surface area contributed by atoms with Crippen LogP contribution in [0.1, 0.15) is 19.4 Å². The van der Waals surface area contributed by atoms with Crippen LogP contribution in [0.2, 0.25) is 0 Å². The summed E-state index contributed by atoms with van der Waals surface area (Å²) in [6.07, 6.45) is 1.70. The molecule has 3 heterocycles. The first-order chi connectivity index (χ1) is 19.5. The summed E-state index contributed by atoms with van der Waals surface area (Å²) in [5, 5.41) is 1.82. The number of nitrogen functional groups attached to an aromatic ring is 1. The molecule has 0 unspecified atom stereocenters. The summed E-state index contributed by atoms with van der Waals surface area (Å²) in [6, 6.07) is 26.7. The van der Waals surface area contributed by atoms with Gasteiger partial charge in [0.2, 0.25) is 0 Å². The van der Waals surface area contributed by atoms with Crippen LogP contribution in [0.15, 0.2) is 97.0 Å². The Morgan fingerprint density at radius 1 is 1.00 bits per heavy atom. The van der Waals surface area contributed by atoms with Crippen molar-refractivity contribution in [1.29, 1.82) is 0 Å². The summed E-state index contributed by atoms with van der Waals surface area (Å²) in [6.45, 7) is 12.0. The smallest absolute Gasteiger partial charge is 0.165 e. The molecule has 40 heavy (non-hydrogen) atoms. The van der Waals surface area contributed by atoms with Gasteiger partial charge in [0.05, 0.1) is 11.3 Å². The Kier molecular flexibility index (Phi) is 8.91. The van der Waals surface area contributed by atoms with Gasteiger partial charge in [0.25, 0.3) is 0 Å². The summed E-state index contributed by atoms with van der Waals surface area (Å²) in [4.78, 5) is 16.8. The number of nitrogens with two attached hydrogens (primary N) is 1. The largest absolute Gasteiger partial charge is 0.383 e. The van der Waals surface area contributed by atoms with Crippen molar-refractivity contribution in [2.24, 2.45) is 5.92 Å². The molecule has 3 N–H and O–H groups in total. The minimum Gasteiger partial charge on any atom is -0.383 e. The third-order valence-electron chi connectivity index (χ3n) is 6.57. The van der Waals surface area contributed by atoms with Crippen molar-refractivity contribution in [3.8, 4) is 28.3 Å². The lowest BCUT2D eigenvalue weighted by atomic mass is 10.1. The van der Waals surface area contributed by atoms with Gasteiger partial charge in [-0.05, 0) is 53.3 Å². The van der Waals surface area contributed by atoms with Gasteiger partial charge >= 0.3 is 0 Å². The third kappa shape index (κ3) is 6.42. The van der Waals surface area contributed by atoms with E-state index in [0.29, 0.717) is 11.7 Å². The fourth-order valence-corrected chi connectivity index (χ4v) is 5.17. The molecule has 0 atom stereocenters. The molecule has 0 radical (unpaired) electrons. The highest BCUT2D eigenvalue weighted by Crippen LogP contribution is 2.31. The highest BCUT2D eigenvalue weighted by Gasteiger charge is 2.19. The zero-order valence-electron chi connectivity index (χ0n) is 23.0. The SMILES string of the molecule is C=CSNCCN(Cc1ccc(-n2c(-c3cccnc3N)nc3ccc(-c4ccccc4)nc32)cc1)CC(C)C. The number of rotatable bonds is 12. The number of aromatic nitrogens is 4. The lowest BCUT2D eigenvalue weighted by Crippen LogP contribution is -2.32. The molecule has 0 spiro atoms. The number of hydrogen-bond acceptors (Lipinski definition) is 7. The first-order valence-electron chi connectivity index (χ1n) is 13.5. The van der Waals surface area contributed by atoms with Crippen LogP contribution in [0, 0.1) is 5.92 Å². The van der Waals surface area contributed by atoms with Crippen LogP contribution in [0.5, 0.6) is 0 Å². The summed E-state index contributed by atoms with van der Waals surface area (Å²) >= 11 is 1.54. The van der Waals surface area contributed by atoms with Crippen LogP contribution in [0.4, 0.5) is 5.82 Å². The van der Waals surface area contributed by atoms with Crippen molar-refractivity contribution in [3.63, 3.8) is 0 Å². The van der Waals surface area contributed by atoms with Gasteiger partial charge in [-0.3, -0.25) is 14.2 Å². The van der Waals surface area contributed by atoms with Crippen LogP contribution in [0.3, 0.4) is 0 Å². The van der Waals surface area contributed by atoms with Crippen molar-refractivity contribution in [1.82, 2.24) is 29.1 Å². The van der Waals surface area contributed by atoms with E-state index in [1.807, 2.05) is 47.9 Å². The number of hydrogen-bond donors (Lipinski definition) is 2. The second kappa shape index (κ2) is 12.9. The van der Waals surface area contributed by atoms with Gasteiger partial charge in [0.15, 0.2) is 11.5 Å². The zero-order valence-corrected chi connectivity index (χ0v) is 23.8. The average Bonchev–Trinajstić information content (AvgIpc) is 3.34. The zero-order chi connectivity index (χ0) is 27.9. The van der Waals surface area contributed by atoms with Gasteiger partial charge in [0.1, 0.15) is 11.3 Å². The second-order valence-corrected chi connectivity index (χ2v) is 10.9. The molecule has 3 aromatic heterocycles. The van der Waals surface area contributed by atoms with Gasteiger partial charge in [-0.25, -0.2) is 15.0 Å². The number of pyridine rings is 2. The Balaban J connectivity index is 1.52. The number of nitrogens with zero attached hydrogens (tertiary/aromatic N) is 5. The van der Waals surface area contributed by atoms with Gasteiger partial charge in [-0.15, -0.1) is 0 Å². The molecule has 7 nitrogen and oxygen atoms in total. The Hall–Kier alpha value is -3.98. The molecule has 0 aliphatic heterocycles. The molecule has 5 aromatic rings. The van der Waals surface area contributed by atoms with Gasteiger partial charge in [-0.2, -0.15) is 0 Å². The fourth-order valence-electron chi connectivity index (χ4n) is 4.84. The molecule has 8 heteroatoms. The predicted octanol–water partition coefficient (Wildman–Crippen LogP) is 6.57. The van der Waals surface area contributed by atoms with Crippen molar-refractivity contribution in [3.05, 3.63) is 103 Å². The molecular weight excluding hydrogens is 514 g/mol. The number of fused-ring (bicyclic) bond motifs is 1. The topological polar surface area (TPSA) is 84.9 Å². The molecule has 0 aliphatic carbocycles. The maximum Gasteiger partial charge on any atom is 0.165 e. The van der Waals surface area contributed by atoms with E-state index in [2.05, 4.69) is 76.0 Å². The number of benzene rings is 2. The lowest BCUT2D eigenvalue weighted by molar-refractivity contribution is 0.241. The van der Waals surface area contributed by atoms with E-state index in [-0.39, 0.29) is 0 Å². The maximum absolute atomic E-state index is 6.32. The molecular formula is C32H35N7S. The lowest BCUT2D eigenvalue weighted by Gasteiger charge is -2.24. The number of anilines is 1. The molecule has 0 fully saturated rings. The van der Waals surface area contributed by atoms with E-state index in [4.69, 9.17) is 15.7 Å². The van der Waals surface area contributed by atoms with E-state index in [1.54, 1.807) is 6.20 Å². The minimum atomic E-state index is 0.437. The number of imidazole rings is 1. The van der Waals surface area contributed by atoms with Crippen molar-refractivity contribution >= 4 is 28.9 Å². The standard InChI is InChI=1S/C32H35N7S/c1-4-40-35-19-20-38(21-23(2)3)22-24-12-14-26(15-13-24)39-31(27-11-8-18-34-30(27)33)37-29-17-16-28(36-32(29)39)25-9-6-5-7-10-25/h4-18,23,35H,1,19-22H2,2-3H3,(H2,33,34). The van der Waals surface area contributed by atoms with Crippen molar-refractivity contribution in [2.45, 2.75) is 20.4 Å². The highest BCUT2D eigenvalue weighted by atomic mass is 32.2. The molecule has 2 aromatic carbocycles. The van der Waals surface area contributed by atoms with Gasteiger partial charge < -0.3 is 5.73 Å². The summed E-state index contributed by atoms with van der Waals surface area (Å²) in [7, 11) is 0. The quantitative estimate of drug-likeness (QED) is 0.134. The van der Waals surface area contributed by atoms with Crippen LogP contribution >= 0.6 is 11.9 Å². The molecule has 0 bridgehead atoms. The molecule has 0 saturated heterocycles. The maximum atomic E-state index is 6.32. The fraction of sp³-hybridized carbons (Fsp3) is 0.219. The predicted molar refractivity (Wildman–Crippen MR) is 168 cm³/mol. The van der Waals surface area contributed by atoms with Gasteiger partial charge in [0, 0.05) is 43.6 Å². The summed E-state index contributed by atoms with van der Waals surface area (Å²) in [5.41, 5.74) is 12.9. The average molecular weight is 550 g/mol. The molecule has 0 amide bonds. The van der Waals surface area contributed by atoms with E-state index in [9.17, 15) is 0 Å². The van der Waals surface area contributed by atoms with Crippen LogP contribution in [-0.4, -0.2) is 44.1 Å². The Morgan fingerprint density at radius 2 is 1.80 bits per heavy atom. The van der Waals surface area contributed by atoms with Crippen molar-refractivity contribution < 1.29 is 0 Å².